The van der Waals surface area contributed by atoms with Crippen LogP contribution in [0.5, 0.6) is 0 Å². The molecular weight excluding hydrogens is 410 g/mol. The highest BCUT2D eigenvalue weighted by atomic mass is 16.5. The maximum atomic E-state index is 13.6. The van der Waals surface area contributed by atoms with Crippen molar-refractivity contribution in [1.82, 2.24) is 24.4 Å². The average Bonchev–Trinajstić information content (AvgIpc) is 3.49. The molecule has 5 rings (SSSR count). The van der Waals surface area contributed by atoms with Crippen molar-refractivity contribution in [3.8, 4) is 0 Å². The molecule has 0 bridgehead atoms. The number of aromatic nitrogens is 3. The molecule has 0 radical (unpaired) electrons. The van der Waals surface area contributed by atoms with Crippen LogP contribution in [0.2, 0.25) is 0 Å². The number of amides is 1. The Balaban J connectivity index is 0.000000775. The summed E-state index contributed by atoms with van der Waals surface area (Å²) in [5, 5.41) is 11.2. The van der Waals surface area contributed by atoms with Crippen LogP contribution in [0.1, 0.15) is 34.9 Å². The minimum absolute atomic E-state index is 0.0552. The van der Waals surface area contributed by atoms with E-state index in [9.17, 15) is 4.79 Å². The minimum atomic E-state index is -0.250. The number of carboxylic acid groups (broad SMARTS) is 1. The Morgan fingerprint density at radius 3 is 2.62 bits per heavy atom. The van der Waals surface area contributed by atoms with Crippen LogP contribution in [0.3, 0.4) is 0 Å². The van der Waals surface area contributed by atoms with Gasteiger partial charge in [-0.2, -0.15) is 5.10 Å². The van der Waals surface area contributed by atoms with Crippen LogP contribution in [0.25, 0.3) is 5.65 Å². The van der Waals surface area contributed by atoms with Gasteiger partial charge >= 0.3 is 0 Å². The topological polar surface area (TPSA) is 100 Å². The molecule has 1 amide bonds. The van der Waals surface area contributed by atoms with Gasteiger partial charge in [-0.25, -0.2) is 9.50 Å². The highest BCUT2D eigenvalue weighted by Gasteiger charge is 2.38. The Kier molecular flexibility index (Phi) is 7.08. The molecule has 0 spiro atoms. The Bertz CT molecular complexity index is 1040. The van der Waals surface area contributed by atoms with E-state index in [-0.39, 0.29) is 24.5 Å². The van der Waals surface area contributed by atoms with Crippen molar-refractivity contribution in [1.29, 1.82) is 0 Å². The second-order valence-corrected chi connectivity index (χ2v) is 7.81. The Hall–Kier alpha value is -3.30. The van der Waals surface area contributed by atoms with Gasteiger partial charge in [0.25, 0.3) is 12.4 Å². The highest BCUT2D eigenvalue weighted by molar-refractivity contribution is 5.93. The standard InChI is InChI=1S/C22H25N5O2.CH2O2/c28-22(18-15-23-20-9-6-10-24-27(18)20)26-13-14-29-19(16-25-11-4-5-12-25)21(26)17-7-2-1-3-8-17;2-1-3/h1-3,6-10,15,19,21H,4-5,11-14,16H2;1H,(H,2,3)/t19-,21-;/m0./s1. The smallest absolute Gasteiger partial charge is 0.290 e. The summed E-state index contributed by atoms with van der Waals surface area (Å²) < 4.78 is 7.84. The molecule has 1 aromatic carbocycles. The zero-order chi connectivity index (χ0) is 22.3. The molecular formula is C23H27N5O4. The number of rotatable bonds is 4. The third-order valence-corrected chi connectivity index (χ3v) is 5.89. The number of imidazole rings is 1. The van der Waals surface area contributed by atoms with Crippen molar-refractivity contribution in [3.05, 3.63) is 66.1 Å². The minimum Gasteiger partial charge on any atom is -0.483 e. The van der Waals surface area contributed by atoms with Gasteiger partial charge in [-0.05, 0) is 43.6 Å². The van der Waals surface area contributed by atoms with E-state index < -0.39 is 0 Å². The highest BCUT2D eigenvalue weighted by Crippen LogP contribution is 2.32. The van der Waals surface area contributed by atoms with Crippen molar-refractivity contribution in [2.24, 2.45) is 0 Å². The third-order valence-electron chi connectivity index (χ3n) is 5.89. The van der Waals surface area contributed by atoms with E-state index in [1.165, 1.54) is 12.8 Å². The summed E-state index contributed by atoms with van der Waals surface area (Å²) >= 11 is 0. The SMILES string of the molecule is O=C(c1cnc2cccnn12)N1CCO[C@@H](CN2CCCC2)[C@@H]1c1ccccc1.O=CO. The molecule has 3 aromatic rings. The van der Waals surface area contributed by atoms with Gasteiger partial charge in [0.05, 0.1) is 24.9 Å². The fourth-order valence-electron chi connectivity index (χ4n) is 4.50. The van der Waals surface area contributed by atoms with E-state index in [1.807, 2.05) is 35.2 Å². The third kappa shape index (κ3) is 4.63. The molecule has 168 valence electrons. The molecule has 1 N–H and O–H groups in total. The van der Waals surface area contributed by atoms with Gasteiger partial charge in [0.15, 0.2) is 11.3 Å². The summed E-state index contributed by atoms with van der Waals surface area (Å²) in [6.07, 6.45) is 5.71. The Morgan fingerprint density at radius 2 is 1.88 bits per heavy atom. The van der Waals surface area contributed by atoms with E-state index in [2.05, 4.69) is 27.1 Å². The number of nitrogens with zero attached hydrogens (tertiary/aromatic N) is 5. The first-order chi connectivity index (χ1) is 15.7. The van der Waals surface area contributed by atoms with E-state index >= 15 is 0 Å². The van der Waals surface area contributed by atoms with Crippen LogP contribution in [-0.2, 0) is 9.53 Å². The zero-order valence-electron chi connectivity index (χ0n) is 17.8. The number of benzene rings is 1. The molecule has 0 unspecified atom stereocenters. The van der Waals surface area contributed by atoms with Gasteiger partial charge in [0, 0.05) is 19.3 Å². The average molecular weight is 438 g/mol. The summed E-state index contributed by atoms with van der Waals surface area (Å²) in [6.45, 7) is 3.89. The first-order valence-electron chi connectivity index (χ1n) is 10.8. The lowest BCUT2D eigenvalue weighted by Gasteiger charge is -2.42. The van der Waals surface area contributed by atoms with Crippen molar-refractivity contribution < 1.29 is 19.4 Å². The lowest BCUT2D eigenvalue weighted by molar-refractivity contribution is -0.122. The number of ether oxygens (including phenoxy) is 1. The van der Waals surface area contributed by atoms with Crippen molar-refractivity contribution in [2.75, 3.05) is 32.8 Å². The first-order valence-corrected chi connectivity index (χ1v) is 10.8. The normalized spacial score (nSPS) is 21.2. The Labute approximate surface area is 186 Å². The molecule has 2 saturated heterocycles. The number of hydrogen-bond donors (Lipinski definition) is 1. The number of morpholine rings is 1. The predicted molar refractivity (Wildman–Crippen MR) is 117 cm³/mol. The monoisotopic (exact) mass is 437 g/mol. The summed E-state index contributed by atoms with van der Waals surface area (Å²) in [4.78, 5) is 30.7. The second-order valence-electron chi connectivity index (χ2n) is 7.81. The summed E-state index contributed by atoms with van der Waals surface area (Å²) in [5.41, 5.74) is 2.27. The van der Waals surface area contributed by atoms with Crippen LogP contribution in [0, 0.1) is 0 Å². The fraction of sp³-hybridized carbons (Fsp3) is 0.391. The van der Waals surface area contributed by atoms with Gasteiger partial charge in [-0.3, -0.25) is 9.59 Å². The summed E-state index contributed by atoms with van der Waals surface area (Å²) in [5.74, 6) is -0.0558. The van der Waals surface area contributed by atoms with E-state index in [1.54, 1.807) is 16.9 Å². The van der Waals surface area contributed by atoms with Gasteiger partial charge < -0.3 is 19.6 Å². The maximum Gasteiger partial charge on any atom is 0.290 e. The zero-order valence-corrected chi connectivity index (χ0v) is 17.8. The number of carbonyl (C=O) groups is 2. The van der Waals surface area contributed by atoms with Crippen LogP contribution in [-0.4, -0.2) is 80.8 Å². The molecule has 2 atom stereocenters. The molecule has 2 aromatic heterocycles. The van der Waals surface area contributed by atoms with Crippen molar-refractivity contribution in [3.63, 3.8) is 0 Å². The van der Waals surface area contributed by atoms with Gasteiger partial charge in [-0.15, -0.1) is 0 Å². The van der Waals surface area contributed by atoms with Gasteiger partial charge in [0.2, 0.25) is 0 Å². The van der Waals surface area contributed by atoms with Crippen LogP contribution in [0.15, 0.2) is 54.9 Å². The molecule has 2 aliphatic rings. The summed E-state index contributed by atoms with van der Waals surface area (Å²) in [7, 11) is 0. The number of fused-ring (bicyclic) bond motifs is 1. The van der Waals surface area contributed by atoms with E-state index in [4.69, 9.17) is 14.6 Å². The first kappa shape index (κ1) is 21.9. The molecule has 0 aliphatic carbocycles. The number of hydrogen-bond acceptors (Lipinski definition) is 6. The molecule has 0 saturated carbocycles. The molecule has 2 aliphatic heterocycles. The quantitative estimate of drug-likeness (QED) is 0.624. The predicted octanol–water partition coefficient (Wildman–Crippen LogP) is 2.11. The largest absolute Gasteiger partial charge is 0.483 e. The molecule has 2 fully saturated rings. The number of carbonyl (C=O) groups excluding carboxylic acids is 1. The molecule has 4 heterocycles. The van der Waals surface area contributed by atoms with Crippen LogP contribution < -0.4 is 0 Å². The van der Waals surface area contributed by atoms with Crippen molar-refractivity contribution >= 4 is 18.0 Å². The van der Waals surface area contributed by atoms with E-state index in [0.29, 0.717) is 24.5 Å². The number of likely N-dealkylation sites (tertiary alicyclic amines) is 1. The van der Waals surface area contributed by atoms with Gasteiger partial charge in [-0.1, -0.05) is 30.3 Å². The molecule has 9 heteroatoms. The van der Waals surface area contributed by atoms with Crippen LogP contribution >= 0.6 is 0 Å². The lowest BCUT2D eigenvalue weighted by Crippen LogP contribution is -2.51. The van der Waals surface area contributed by atoms with Gasteiger partial charge in [0.1, 0.15) is 0 Å². The second kappa shape index (κ2) is 10.3. The molecule has 32 heavy (non-hydrogen) atoms. The summed E-state index contributed by atoms with van der Waals surface area (Å²) in [6, 6.07) is 13.8. The van der Waals surface area contributed by atoms with Crippen molar-refractivity contribution in [2.45, 2.75) is 25.0 Å². The van der Waals surface area contributed by atoms with E-state index in [0.717, 1.165) is 25.2 Å². The van der Waals surface area contributed by atoms with Crippen LogP contribution in [0.4, 0.5) is 0 Å². The maximum absolute atomic E-state index is 13.6. The molecule has 9 nitrogen and oxygen atoms in total. The fourth-order valence-corrected chi connectivity index (χ4v) is 4.50. The Morgan fingerprint density at radius 1 is 1.12 bits per heavy atom. The lowest BCUT2D eigenvalue weighted by atomic mass is 9.97.